The summed E-state index contributed by atoms with van der Waals surface area (Å²) in [4.78, 5) is 36.5. The third-order valence-electron chi connectivity index (χ3n) is 5.41. The lowest BCUT2D eigenvalue weighted by atomic mass is 10.00. The molecule has 1 fully saturated rings. The second-order valence-corrected chi connectivity index (χ2v) is 9.81. The lowest BCUT2D eigenvalue weighted by Crippen LogP contribution is -2.51. The van der Waals surface area contributed by atoms with Crippen LogP contribution in [0.1, 0.15) is 34.0 Å². The largest absolute Gasteiger partial charge is 0.508 e. The minimum Gasteiger partial charge on any atom is -0.508 e. The third kappa shape index (κ3) is 7.49. The molecule has 2 aromatic carbocycles. The minimum absolute atomic E-state index is 0.0252. The Hall–Kier alpha value is -2.50. The first-order chi connectivity index (χ1) is 16.7. The van der Waals surface area contributed by atoms with E-state index in [1.807, 2.05) is 0 Å². The molecule has 3 rings (SSSR count). The Kier molecular flexibility index (Phi) is 9.64. The zero-order valence-electron chi connectivity index (χ0n) is 18.5. The number of carbonyl (C=O) groups excluding carboxylic acids is 2. The first kappa shape index (κ1) is 27.1. The molecule has 1 saturated heterocycles. The van der Waals surface area contributed by atoms with Crippen molar-refractivity contribution in [3.63, 3.8) is 0 Å². The highest BCUT2D eigenvalue weighted by molar-refractivity contribution is 7.99. The molecule has 12 heteroatoms. The van der Waals surface area contributed by atoms with Crippen LogP contribution in [0.25, 0.3) is 0 Å². The maximum atomic E-state index is 12.8. The molecule has 2 amide bonds. The fourth-order valence-corrected chi connectivity index (χ4v) is 5.15. The number of carbonyl (C=O) groups is 3. The van der Waals surface area contributed by atoms with Crippen molar-refractivity contribution in [2.75, 3.05) is 18.2 Å². The van der Waals surface area contributed by atoms with Gasteiger partial charge in [0.15, 0.2) is 0 Å². The van der Waals surface area contributed by atoms with E-state index in [1.165, 1.54) is 24.3 Å². The molecule has 0 radical (unpaired) electrons. The molecule has 1 aliphatic heterocycles. The molecule has 0 bridgehead atoms. The maximum absolute atomic E-state index is 12.8. The van der Waals surface area contributed by atoms with Gasteiger partial charge in [-0.25, -0.2) is 4.79 Å². The average molecular weight is 542 g/mol. The van der Waals surface area contributed by atoms with E-state index in [2.05, 4.69) is 16.0 Å². The molecule has 3 atom stereocenters. The van der Waals surface area contributed by atoms with Crippen molar-refractivity contribution in [2.24, 2.45) is 0 Å². The van der Waals surface area contributed by atoms with Gasteiger partial charge < -0.3 is 26.0 Å². The van der Waals surface area contributed by atoms with Crippen molar-refractivity contribution in [1.82, 2.24) is 16.0 Å². The van der Waals surface area contributed by atoms with E-state index in [-0.39, 0.29) is 33.8 Å². The fraction of sp³-hybridized carbons (Fsp3) is 0.348. The average Bonchev–Trinajstić information content (AvgIpc) is 3.34. The van der Waals surface area contributed by atoms with Crippen molar-refractivity contribution in [2.45, 2.75) is 31.0 Å². The number of rotatable bonds is 10. The van der Waals surface area contributed by atoms with Gasteiger partial charge in [0.1, 0.15) is 11.8 Å². The van der Waals surface area contributed by atoms with Crippen molar-refractivity contribution in [3.8, 4) is 5.75 Å². The Morgan fingerprint density at radius 3 is 2.49 bits per heavy atom. The summed E-state index contributed by atoms with van der Waals surface area (Å²) < 4.78 is 0. The van der Waals surface area contributed by atoms with Gasteiger partial charge in [-0.2, -0.15) is 0 Å². The smallest absolute Gasteiger partial charge is 0.328 e. The number of benzene rings is 2. The lowest BCUT2D eigenvalue weighted by Gasteiger charge is -2.18. The highest BCUT2D eigenvalue weighted by Crippen LogP contribution is 2.29. The number of nitrogens with one attached hydrogen (secondary N) is 3. The monoisotopic (exact) mass is 541 g/mol. The van der Waals surface area contributed by atoms with Crippen LogP contribution in [0.15, 0.2) is 36.4 Å². The summed E-state index contributed by atoms with van der Waals surface area (Å²) in [6.45, 7) is -0.303. The van der Waals surface area contributed by atoms with Gasteiger partial charge in [0.2, 0.25) is 5.91 Å². The Balaban J connectivity index is 1.62. The van der Waals surface area contributed by atoms with Crippen LogP contribution in [0.5, 0.6) is 5.75 Å². The van der Waals surface area contributed by atoms with Crippen molar-refractivity contribution in [1.29, 1.82) is 0 Å². The number of carboxylic acids is 1. The number of aliphatic hydroxyl groups excluding tert-OH is 1. The number of hydrogen-bond acceptors (Lipinski definition) is 7. The van der Waals surface area contributed by atoms with Gasteiger partial charge in [0, 0.05) is 18.2 Å². The molecular formula is C23H25Cl2N3O6S. The number of thioether (sulfide) groups is 1. The highest BCUT2D eigenvalue weighted by Gasteiger charge is 2.27. The third-order valence-corrected chi connectivity index (χ3v) is 6.94. The molecule has 1 aliphatic rings. The molecule has 35 heavy (non-hydrogen) atoms. The summed E-state index contributed by atoms with van der Waals surface area (Å²) in [6.07, 6.45) is -0.126. The number of hydrogen-bond donors (Lipinski definition) is 6. The normalized spacial score (nSPS) is 16.9. The van der Waals surface area contributed by atoms with Gasteiger partial charge in [-0.15, -0.1) is 11.8 Å². The van der Waals surface area contributed by atoms with Crippen LogP contribution < -0.4 is 16.0 Å². The first-order valence-electron chi connectivity index (χ1n) is 10.7. The number of amides is 2. The van der Waals surface area contributed by atoms with E-state index in [9.17, 15) is 29.7 Å². The number of aliphatic carboxylic acids is 1. The Labute approximate surface area is 216 Å². The zero-order valence-corrected chi connectivity index (χ0v) is 20.8. The lowest BCUT2D eigenvalue weighted by molar-refractivity contribution is -0.139. The second kappa shape index (κ2) is 12.5. The van der Waals surface area contributed by atoms with Crippen molar-refractivity contribution in [3.05, 3.63) is 63.1 Å². The topological polar surface area (TPSA) is 148 Å². The summed E-state index contributed by atoms with van der Waals surface area (Å²) >= 11 is 14.1. The van der Waals surface area contributed by atoms with Crippen molar-refractivity contribution >= 4 is 52.7 Å². The minimum atomic E-state index is -1.38. The van der Waals surface area contributed by atoms with Gasteiger partial charge in [-0.05, 0) is 48.2 Å². The Bertz CT molecular complexity index is 1070. The van der Waals surface area contributed by atoms with E-state index in [4.69, 9.17) is 23.2 Å². The second-order valence-electron chi connectivity index (χ2n) is 7.97. The summed E-state index contributed by atoms with van der Waals surface area (Å²) in [7, 11) is 0. The fourth-order valence-electron chi connectivity index (χ4n) is 3.51. The molecule has 0 spiro atoms. The SMILES string of the molecule is O=C(N[C@@H](CNC(=O)[C@@H]1CSCN1)C(=O)O)c1c(Cl)cc(CCC(O)c2cccc(O)c2)cc1Cl. The van der Waals surface area contributed by atoms with E-state index in [1.54, 1.807) is 23.9 Å². The number of halogens is 2. The molecule has 0 aromatic heterocycles. The van der Waals surface area contributed by atoms with E-state index in [0.717, 1.165) is 0 Å². The van der Waals surface area contributed by atoms with Gasteiger partial charge >= 0.3 is 5.97 Å². The quantitative estimate of drug-likeness (QED) is 0.268. The standard InChI is InChI=1S/C23H25Cl2N3O6S/c24-15-6-12(4-5-19(30)13-2-1-3-14(29)8-13)7-16(25)20(15)22(32)28-17(23(33)34)9-26-21(31)18-10-35-11-27-18/h1-3,6-8,17-19,27,29-30H,4-5,9-11H2,(H,26,31)(H,28,32)(H,33,34)/t17-,18-,19?/m0/s1. The highest BCUT2D eigenvalue weighted by atomic mass is 35.5. The summed E-state index contributed by atoms with van der Waals surface area (Å²) in [5, 5.41) is 37.3. The van der Waals surface area contributed by atoms with Crippen LogP contribution >= 0.6 is 35.0 Å². The number of aryl methyl sites for hydroxylation is 1. The summed E-state index contributed by atoms with van der Waals surface area (Å²) in [6, 6.07) is 7.57. The van der Waals surface area contributed by atoms with E-state index in [0.29, 0.717) is 35.6 Å². The molecule has 6 N–H and O–H groups in total. The zero-order chi connectivity index (χ0) is 25.5. The van der Waals surface area contributed by atoms with Gasteiger partial charge in [-0.1, -0.05) is 35.3 Å². The number of phenolic OH excluding ortho intramolecular Hbond substituents is 1. The van der Waals surface area contributed by atoms with Gasteiger partial charge in [0.05, 0.1) is 27.8 Å². The van der Waals surface area contributed by atoms with Gasteiger partial charge in [0.25, 0.3) is 5.91 Å². The van der Waals surface area contributed by atoms with Crippen LogP contribution in [0, 0.1) is 0 Å². The summed E-state index contributed by atoms with van der Waals surface area (Å²) in [5.74, 6) is -1.18. The van der Waals surface area contributed by atoms with Crippen LogP contribution in [0.4, 0.5) is 0 Å². The van der Waals surface area contributed by atoms with E-state index < -0.39 is 30.1 Å². The molecule has 2 aromatic rings. The molecule has 0 aliphatic carbocycles. The van der Waals surface area contributed by atoms with Crippen LogP contribution in [-0.4, -0.2) is 63.4 Å². The van der Waals surface area contributed by atoms with Crippen LogP contribution in [-0.2, 0) is 16.0 Å². The van der Waals surface area contributed by atoms with Crippen LogP contribution in [0.2, 0.25) is 10.0 Å². The molecular weight excluding hydrogens is 517 g/mol. The predicted molar refractivity (Wildman–Crippen MR) is 134 cm³/mol. The number of carboxylic acid groups (broad SMARTS) is 1. The molecule has 1 heterocycles. The van der Waals surface area contributed by atoms with Gasteiger partial charge in [-0.3, -0.25) is 14.9 Å². The summed E-state index contributed by atoms with van der Waals surface area (Å²) in [5.41, 5.74) is 1.14. The number of phenols is 1. The number of aliphatic hydroxyl groups is 1. The molecule has 188 valence electrons. The molecule has 1 unspecified atom stereocenters. The molecule has 0 saturated carbocycles. The first-order valence-corrected chi connectivity index (χ1v) is 12.6. The molecule has 9 nitrogen and oxygen atoms in total. The predicted octanol–water partition coefficient (Wildman–Crippen LogP) is 2.33. The number of aromatic hydroxyl groups is 1. The van der Waals surface area contributed by atoms with E-state index >= 15 is 0 Å². The Morgan fingerprint density at radius 2 is 1.89 bits per heavy atom. The van der Waals surface area contributed by atoms with Crippen molar-refractivity contribution < 1.29 is 29.7 Å². The van der Waals surface area contributed by atoms with Crippen LogP contribution in [0.3, 0.4) is 0 Å². The maximum Gasteiger partial charge on any atom is 0.328 e. The Morgan fingerprint density at radius 1 is 1.17 bits per heavy atom.